The molecule has 4 nitrogen and oxygen atoms in total. The van der Waals surface area contributed by atoms with E-state index in [9.17, 15) is 9.59 Å². The van der Waals surface area contributed by atoms with Crippen molar-refractivity contribution in [3.05, 3.63) is 64.2 Å². The lowest BCUT2D eigenvalue weighted by molar-refractivity contribution is -0.132. The van der Waals surface area contributed by atoms with E-state index < -0.39 is 0 Å². The molecule has 0 aromatic heterocycles. The van der Waals surface area contributed by atoms with Crippen molar-refractivity contribution >= 4 is 29.1 Å². The second-order valence-electron chi connectivity index (χ2n) is 6.12. The van der Waals surface area contributed by atoms with Crippen LogP contribution in [0.15, 0.2) is 42.5 Å². The lowest BCUT2D eigenvalue weighted by atomic mass is 10.1. The monoisotopic (exact) mass is 358 g/mol. The Hall–Kier alpha value is -2.33. The summed E-state index contributed by atoms with van der Waals surface area (Å²) in [7, 11) is 0. The maximum atomic E-state index is 12.3. The zero-order valence-electron chi connectivity index (χ0n) is 14.8. The molecule has 132 valence electrons. The fourth-order valence-electron chi connectivity index (χ4n) is 2.55. The Morgan fingerprint density at radius 1 is 1.12 bits per heavy atom. The number of anilines is 1. The number of hydrogen-bond acceptors (Lipinski definition) is 2. The van der Waals surface area contributed by atoms with Crippen LogP contribution in [0.3, 0.4) is 0 Å². The number of benzene rings is 2. The van der Waals surface area contributed by atoms with Crippen LogP contribution < -0.4 is 5.32 Å². The number of nitrogens with zero attached hydrogens (tertiary/aromatic N) is 1. The Labute approximate surface area is 153 Å². The van der Waals surface area contributed by atoms with Crippen LogP contribution in [0.4, 0.5) is 5.69 Å². The molecule has 2 rings (SSSR count). The van der Waals surface area contributed by atoms with Crippen molar-refractivity contribution in [1.29, 1.82) is 0 Å². The molecule has 0 aliphatic rings. The van der Waals surface area contributed by atoms with Crippen LogP contribution in [-0.2, 0) is 16.0 Å². The van der Waals surface area contributed by atoms with Crippen molar-refractivity contribution in [1.82, 2.24) is 4.90 Å². The van der Waals surface area contributed by atoms with Crippen molar-refractivity contribution in [3.63, 3.8) is 0 Å². The molecule has 0 saturated carbocycles. The Morgan fingerprint density at radius 2 is 1.84 bits per heavy atom. The van der Waals surface area contributed by atoms with E-state index in [1.165, 1.54) is 6.92 Å². The molecule has 0 aliphatic carbocycles. The lowest BCUT2D eigenvalue weighted by Crippen LogP contribution is -2.38. The minimum absolute atomic E-state index is 0.0310. The first-order valence-electron chi connectivity index (χ1n) is 8.23. The maximum absolute atomic E-state index is 12.3. The third-order valence-electron chi connectivity index (χ3n) is 4.22. The second-order valence-corrected chi connectivity index (χ2v) is 6.55. The van der Waals surface area contributed by atoms with E-state index >= 15 is 0 Å². The van der Waals surface area contributed by atoms with Gasteiger partial charge in [-0.15, -0.1) is 0 Å². The summed E-state index contributed by atoms with van der Waals surface area (Å²) in [5.74, 6) is -0.326. The third-order valence-corrected chi connectivity index (χ3v) is 4.45. The lowest BCUT2D eigenvalue weighted by Gasteiger charge is -2.21. The van der Waals surface area contributed by atoms with Crippen LogP contribution in [-0.4, -0.2) is 29.8 Å². The van der Waals surface area contributed by atoms with E-state index in [2.05, 4.69) is 5.32 Å². The number of amides is 2. The first kappa shape index (κ1) is 19.0. The van der Waals surface area contributed by atoms with Crippen molar-refractivity contribution in [2.45, 2.75) is 27.2 Å². The highest BCUT2D eigenvalue weighted by Gasteiger charge is 2.14. The highest BCUT2D eigenvalue weighted by Crippen LogP contribution is 2.18. The van der Waals surface area contributed by atoms with Crippen LogP contribution in [0.25, 0.3) is 0 Å². The van der Waals surface area contributed by atoms with Crippen LogP contribution in [0.2, 0.25) is 5.02 Å². The van der Waals surface area contributed by atoms with Crippen LogP contribution in [0, 0.1) is 13.8 Å². The summed E-state index contributed by atoms with van der Waals surface area (Å²) in [5, 5.41) is 3.56. The Bertz CT molecular complexity index is 774. The largest absolute Gasteiger partial charge is 0.333 e. The topological polar surface area (TPSA) is 49.4 Å². The van der Waals surface area contributed by atoms with Gasteiger partial charge in [0.2, 0.25) is 11.8 Å². The zero-order chi connectivity index (χ0) is 18.4. The molecule has 2 amide bonds. The van der Waals surface area contributed by atoms with Gasteiger partial charge in [0.25, 0.3) is 0 Å². The van der Waals surface area contributed by atoms with E-state index in [-0.39, 0.29) is 18.4 Å². The summed E-state index contributed by atoms with van der Waals surface area (Å²) in [6.07, 6.45) is 0.650. The van der Waals surface area contributed by atoms with Crippen molar-refractivity contribution < 1.29 is 9.59 Å². The molecule has 0 aliphatic heterocycles. The van der Waals surface area contributed by atoms with Crippen LogP contribution in [0.1, 0.15) is 23.6 Å². The van der Waals surface area contributed by atoms with Crippen LogP contribution >= 0.6 is 11.6 Å². The average Bonchev–Trinajstić information content (AvgIpc) is 2.55. The van der Waals surface area contributed by atoms with Gasteiger partial charge in [0.1, 0.15) is 0 Å². The standard InChI is InChI=1S/C20H23ClN2O2/c1-14-6-4-9-19(15(14)2)22-20(25)13-23(16(3)24)11-10-17-7-5-8-18(21)12-17/h4-9,12H,10-11,13H2,1-3H3,(H,22,25). The number of carbonyl (C=O) groups excluding carboxylic acids is 2. The van der Waals surface area contributed by atoms with Gasteiger partial charge >= 0.3 is 0 Å². The summed E-state index contributed by atoms with van der Waals surface area (Å²) >= 11 is 5.98. The zero-order valence-corrected chi connectivity index (χ0v) is 15.6. The van der Waals surface area contributed by atoms with Gasteiger partial charge in [0, 0.05) is 24.2 Å². The number of nitrogens with one attached hydrogen (secondary N) is 1. The fourth-order valence-corrected chi connectivity index (χ4v) is 2.77. The number of halogens is 1. The minimum atomic E-state index is -0.199. The molecule has 2 aromatic carbocycles. The van der Waals surface area contributed by atoms with Gasteiger partial charge in [-0.2, -0.15) is 0 Å². The molecule has 0 spiro atoms. The molecule has 0 radical (unpaired) electrons. The van der Waals surface area contributed by atoms with E-state index in [0.29, 0.717) is 18.0 Å². The number of carbonyl (C=O) groups is 2. The predicted molar refractivity (Wildman–Crippen MR) is 102 cm³/mol. The predicted octanol–water partition coefficient (Wildman–Crippen LogP) is 3.99. The van der Waals surface area contributed by atoms with Gasteiger partial charge in [0.15, 0.2) is 0 Å². The molecule has 0 unspecified atom stereocenters. The van der Waals surface area contributed by atoms with Gasteiger partial charge in [0.05, 0.1) is 6.54 Å². The van der Waals surface area contributed by atoms with Gasteiger partial charge in [-0.25, -0.2) is 0 Å². The van der Waals surface area contributed by atoms with Crippen LogP contribution in [0.5, 0.6) is 0 Å². The van der Waals surface area contributed by atoms with Crippen molar-refractivity contribution in [2.24, 2.45) is 0 Å². The maximum Gasteiger partial charge on any atom is 0.244 e. The SMILES string of the molecule is CC(=O)N(CCc1cccc(Cl)c1)CC(=O)Nc1cccc(C)c1C. The molecule has 25 heavy (non-hydrogen) atoms. The number of rotatable bonds is 6. The highest BCUT2D eigenvalue weighted by atomic mass is 35.5. The van der Waals surface area contributed by atoms with Crippen molar-refractivity contribution in [2.75, 3.05) is 18.4 Å². The molecule has 0 saturated heterocycles. The minimum Gasteiger partial charge on any atom is -0.333 e. The summed E-state index contributed by atoms with van der Waals surface area (Å²) in [4.78, 5) is 25.7. The first-order chi connectivity index (χ1) is 11.9. The molecule has 0 atom stereocenters. The normalized spacial score (nSPS) is 10.4. The number of aryl methyl sites for hydroxylation is 1. The number of hydrogen-bond donors (Lipinski definition) is 1. The van der Waals surface area contributed by atoms with E-state index in [0.717, 1.165) is 22.4 Å². The fraction of sp³-hybridized carbons (Fsp3) is 0.300. The van der Waals surface area contributed by atoms with Gasteiger partial charge in [-0.05, 0) is 55.2 Å². The summed E-state index contributed by atoms with van der Waals surface area (Å²) in [6, 6.07) is 13.3. The average molecular weight is 359 g/mol. The Kier molecular flexibility index (Phi) is 6.59. The Morgan fingerprint density at radius 3 is 2.52 bits per heavy atom. The van der Waals surface area contributed by atoms with E-state index in [1.54, 1.807) is 4.90 Å². The van der Waals surface area contributed by atoms with Gasteiger partial charge in [-0.1, -0.05) is 35.9 Å². The molecule has 2 aromatic rings. The van der Waals surface area contributed by atoms with Gasteiger partial charge < -0.3 is 10.2 Å². The smallest absolute Gasteiger partial charge is 0.244 e. The molecule has 1 N–H and O–H groups in total. The summed E-state index contributed by atoms with van der Waals surface area (Å²) in [6.45, 7) is 5.94. The molecule has 5 heteroatoms. The molecule has 0 fully saturated rings. The molecular weight excluding hydrogens is 336 g/mol. The van der Waals surface area contributed by atoms with E-state index in [4.69, 9.17) is 11.6 Å². The molecular formula is C20H23ClN2O2. The summed E-state index contributed by atoms with van der Waals surface area (Å²) in [5.41, 5.74) is 3.96. The van der Waals surface area contributed by atoms with E-state index in [1.807, 2.05) is 56.3 Å². The quantitative estimate of drug-likeness (QED) is 0.848. The molecule has 0 heterocycles. The summed E-state index contributed by atoms with van der Waals surface area (Å²) < 4.78 is 0. The Balaban J connectivity index is 1.97. The highest BCUT2D eigenvalue weighted by molar-refractivity contribution is 6.30. The first-order valence-corrected chi connectivity index (χ1v) is 8.60. The van der Waals surface area contributed by atoms with Gasteiger partial charge in [-0.3, -0.25) is 9.59 Å². The van der Waals surface area contributed by atoms with Crippen molar-refractivity contribution in [3.8, 4) is 0 Å². The third kappa shape index (κ3) is 5.61. The molecule has 0 bridgehead atoms. The second kappa shape index (κ2) is 8.67.